The van der Waals surface area contributed by atoms with Gasteiger partial charge in [0.1, 0.15) is 17.7 Å². The molecule has 1 aromatic heterocycles. The van der Waals surface area contributed by atoms with E-state index in [2.05, 4.69) is 16.5 Å². The Labute approximate surface area is 293 Å². The Kier molecular flexibility index (Phi) is 9.94. The van der Waals surface area contributed by atoms with E-state index in [1.807, 2.05) is 18.2 Å². The van der Waals surface area contributed by atoms with Crippen LogP contribution < -0.4 is 15.1 Å². The number of carbonyl (C=O) groups is 3. The summed E-state index contributed by atoms with van der Waals surface area (Å²) in [7, 11) is 0. The van der Waals surface area contributed by atoms with Gasteiger partial charge in [-0.15, -0.1) is 0 Å². The number of amides is 2. The second-order valence-electron chi connectivity index (χ2n) is 13.6. The second kappa shape index (κ2) is 14.7. The predicted octanol–water partition coefficient (Wildman–Crippen LogP) is 7.38. The smallest absolute Gasteiger partial charge is 0.274 e. The lowest BCUT2D eigenvalue weighted by molar-refractivity contribution is -0.143. The molecule has 5 atom stereocenters. The second-order valence-corrected chi connectivity index (χ2v) is 14.6. The van der Waals surface area contributed by atoms with Crippen LogP contribution in [0, 0.1) is 28.9 Å². The largest absolute Gasteiger partial charge is 0.465 e. The average Bonchev–Trinajstić information content (AvgIpc) is 3.40. The maximum atomic E-state index is 14.5. The summed E-state index contributed by atoms with van der Waals surface area (Å²) < 4.78 is 35.0. The summed E-state index contributed by atoms with van der Waals surface area (Å²) in [5.74, 6) is -1.65. The minimum atomic E-state index is -1.01. The summed E-state index contributed by atoms with van der Waals surface area (Å²) >= 11 is 1.21. The molecule has 1 aliphatic carbocycles. The molecule has 50 heavy (non-hydrogen) atoms. The van der Waals surface area contributed by atoms with Crippen LogP contribution in [-0.2, 0) is 20.8 Å². The molecular weight excluding hydrogens is 661 g/mol. The standard InChI is InChI=1S/C39H39F2N3O5S/c40-28-13-9-10-25(19-28)18-26-11-5-2-1-3-6-12-27-22-39(27,37(47)43-49-30-14-7-4-8-15-30)23-34(45)33-21-31(24-44(33)36(26)46)48-38-42-32-17-16-29(41)20-35(32)50-38/h4,6-10,12-17,19-20,26-27,31,33H,1-3,5,11,18,21-24H2,(H,43,47)/b12-6-/t26-,27+,31-,33+,39-/m1/s1. The first-order chi connectivity index (χ1) is 24.3. The van der Waals surface area contributed by atoms with E-state index in [0.29, 0.717) is 40.4 Å². The number of rotatable bonds is 7. The van der Waals surface area contributed by atoms with E-state index in [4.69, 9.17) is 9.57 Å². The number of hydrogen-bond donors (Lipinski definition) is 1. The third kappa shape index (κ3) is 7.57. The molecule has 3 heterocycles. The molecule has 1 N–H and O–H groups in total. The highest BCUT2D eigenvalue weighted by Crippen LogP contribution is 2.57. The minimum Gasteiger partial charge on any atom is -0.465 e. The number of carbonyl (C=O) groups excluding carboxylic acids is 3. The van der Waals surface area contributed by atoms with Crippen LogP contribution >= 0.6 is 11.3 Å². The Bertz CT molecular complexity index is 1900. The fourth-order valence-corrected chi connectivity index (χ4v) is 8.25. The molecule has 3 aliphatic rings. The maximum Gasteiger partial charge on any atom is 0.274 e. The van der Waals surface area contributed by atoms with Crippen molar-refractivity contribution in [2.75, 3.05) is 6.54 Å². The van der Waals surface area contributed by atoms with Gasteiger partial charge < -0.3 is 14.5 Å². The molecule has 11 heteroatoms. The van der Waals surface area contributed by atoms with Gasteiger partial charge in [0.15, 0.2) is 11.5 Å². The number of ether oxygens (including phenoxy) is 1. The van der Waals surface area contributed by atoms with E-state index in [0.717, 1.165) is 31.2 Å². The van der Waals surface area contributed by atoms with Crippen molar-refractivity contribution in [2.45, 2.75) is 69.9 Å². The number of allylic oxidation sites excluding steroid dienone is 2. The van der Waals surface area contributed by atoms with E-state index in [1.54, 1.807) is 41.3 Å². The predicted molar refractivity (Wildman–Crippen MR) is 185 cm³/mol. The number of hydroxylamine groups is 1. The van der Waals surface area contributed by atoms with Gasteiger partial charge in [0.05, 0.1) is 28.2 Å². The fraction of sp³-hybridized carbons (Fsp3) is 0.385. The lowest BCUT2D eigenvalue weighted by Crippen LogP contribution is -2.46. The molecule has 0 bridgehead atoms. The minimum absolute atomic E-state index is 0.0673. The number of nitrogens with zero attached hydrogens (tertiary/aromatic N) is 2. The molecule has 7 rings (SSSR count). The van der Waals surface area contributed by atoms with Crippen molar-refractivity contribution in [3.8, 4) is 10.9 Å². The number of nitrogens with one attached hydrogen (secondary N) is 1. The van der Waals surface area contributed by atoms with Crippen LogP contribution in [0.2, 0.25) is 0 Å². The zero-order chi connectivity index (χ0) is 34.7. The van der Waals surface area contributed by atoms with Crippen molar-refractivity contribution in [2.24, 2.45) is 17.3 Å². The van der Waals surface area contributed by atoms with Crippen molar-refractivity contribution in [1.29, 1.82) is 0 Å². The summed E-state index contributed by atoms with van der Waals surface area (Å²) in [5, 5.41) is 0.329. The lowest BCUT2D eigenvalue weighted by atomic mass is 9.90. The third-order valence-corrected chi connectivity index (χ3v) is 11.0. The van der Waals surface area contributed by atoms with Gasteiger partial charge in [0.2, 0.25) is 5.91 Å². The topological polar surface area (TPSA) is 97.8 Å². The first-order valence-corrected chi connectivity index (χ1v) is 18.1. The SMILES string of the molecule is O=C1C[C@]2(C(=O)NOc3ccccc3)C[C@@H]2/C=C\CCCCC[C@H](Cc2cccc(F)c2)C(=O)N2C[C@H](Oc3nc4ccc(F)cc4s3)C[C@@H]12. The molecule has 1 saturated heterocycles. The maximum absolute atomic E-state index is 14.5. The van der Waals surface area contributed by atoms with Crippen molar-refractivity contribution in [3.05, 3.63) is 102 Å². The Balaban J connectivity index is 1.16. The Morgan fingerprint density at radius 3 is 2.68 bits per heavy atom. The van der Waals surface area contributed by atoms with Crippen LogP contribution in [0.5, 0.6) is 10.9 Å². The molecular formula is C39H39F2N3O5S. The molecule has 1 saturated carbocycles. The van der Waals surface area contributed by atoms with E-state index >= 15 is 0 Å². The van der Waals surface area contributed by atoms with E-state index in [9.17, 15) is 23.2 Å². The summed E-state index contributed by atoms with van der Waals surface area (Å²) in [6, 6.07) is 18.7. The highest BCUT2D eigenvalue weighted by Gasteiger charge is 2.61. The van der Waals surface area contributed by atoms with Gasteiger partial charge in [-0.05, 0) is 86.1 Å². The first-order valence-electron chi connectivity index (χ1n) is 17.3. The van der Waals surface area contributed by atoms with Gasteiger partial charge in [-0.2, -0.15) is 5.48 Å². The van der Waals surface area contributed by atoms with Gasteiger partial charge in [-0.25, -0.2) is 13.8 Å². The van der Waals surface area contributed by atoms with E-state index in [-0.39, 0.29) is 54.5 Å². The number of aromatic nitrogens is 1. The van der Waals surface area contributed by atoms with Gasteiger partial charge in [-0.3, -0.25) is 14.4 Å². The van der Waals surface area contributed by atoms with Crippen LogP contribution in [0.3, 0.4) is 0 Å². The lowest BCUT2D eigenvalue weighted by Gasteiger charge is -2.29. The van der Waals surface area contributed by atoms with Crippen molar-refractivity contribution in [1.82, 2.24) is 15.4 Å². The normalized spacial score (nSPS) is 26.3. The van der Waals surface area contributed by atoms with Crippen LogP contribution in [0.4, 0.5) is 8.78 Å². The Hall–Kier alpha value is -4.64. The molecule has 0 radical (unpaired) electrons. The molecule has 0 unspecified atom stereocenters. The summed E-state index contributed by atoms with van der Waals surface area (Å²) in [4.78, 5) is 54.3. The Morgan fingerprint density at radius 1 is 1.00 bits per heavy atom. The van der Waals surface area contributed by atoms with Gasteiger partial charge in [0.25, 0.3) is 11.1 Å². The number of hydrogen-bond acceptors (Lipinski definition) is 7. The number of para-hydroxylation sites is 1. The van der Waals surface area contributed by atoms with Gasteiger partial charge in [0, 0.05) is 18.8 Å². The number of ketones is 1. The molecule has 2 fully saturated rings. The third-order valence-electron chi connectivity index (χ3n) is 10.1. The molecule has 0 spiro atoms. The molecule has 4 aromatic rings. The van der Waals surface area contributed by atoms with Crippen LogP contribution in [0.25, 0.3) is 10.2 Å². The van der Waals surface area contributed by atoms with Crippen molar-refractivity contribution < 1.29 is 32.7 Å². The van der Waals surface area contributed by atoms with Crippen LogP contribution in [-0.4, -0.2) is 46.2 Å². The first kappa shape index (κ1) is 33.8. The van der Waals surface area contributed by atoms with E-state index in [1.165, 1.54) is 35.6 Å². The molecule has 2 amide bonds. The highest BCUT2D eigenvalue weighted by molar-refractivity contribution is 7.20. The van der Waals surface area contributed by atoms with Crippen LogP contribution in [0.15, 0.2) is 84.9 Å². The summed E-state index contributed by atoms with van der Waals surface area (Å²) in [5.41, 5.74) is 2.90. The fourth-order valence-electron chi connectivity index (χ4n) is 7.34. The number of thiazole rings is 1. The Morgan fingerprint density at radius 2 is 1.84 bits per heavy atom. The number of halogens is 2. The zero-order valence-electron chi connectivity index (χ0n) is 27.6. The van der Waals surface area contributed by atoms with Gasteiger partial charge in [-0.1, -0.05) is 66.7 Å². The van der Waals surface area contributed by atoms with E-state index < -0.39 is 23.5 Å². The number of Topliss-reactive ketones (excluding diaryl/α,β-unsaturated/α-hetero) is 1. The highest BCUT2D eigenvalue weighted by atomic mass is 32.1. The summed E-state index contributed by atoms with van der Waals surface area (Å²) in [6.45, 7) is 0.152. The summed E-state index contributed by atoms with van der Waals surface area (Å²) in [6.07, 6.45) is 8.64. The molecule has 2 aliphatic heterocycles. The molecule has 260 valence electrons. The van der Waals surface area contributed by atoms with Crippen molar-refractivity contribution >= 4 is 39.2 Å². The van der Waals surface area contributed by atoms with Crippen molar-refractivity contribution in [3.63, 3.8) is 0 Å². The average molecular weight is 700 g/mol. The number of benzene rings is 3. The number of fused-ring (bicyclic) bond motifs is 3. The van der Waals surface area contributed by atoms with Gasteiger partial charge >= 0.3 is 0 Å². The quantitative estimate of drug-likeness (QED) is 0.160. The molecule has 3 aromatic carbocycles. The zero-order valence-corrected chi connectivity index (χ0v) is 28.4. The molecule has 8 nitrogen and oxygen atoms in total. The monoisotopic (exact) mass is 699 g/mol. The van der Waals surface area contributed by atoms with Crippen LogP contribution in [0.1, 0.15) is 56.9 Å².